The van der Waals surface area contributed by atoms with Crippen LogP contribution in [-0.4, -0.2) is 0 Å². The zero-order valence-corrected chi connectivity index (χ0v) is 16.7. The molecule has 23 heavy (non-hydrogen) atoms. The third kappa shape index (κ3) is 4.34. The topological polar surface area (TPSA) is 0 Å². The monoisotopic (exact) mass is 382 g/mol. The fourth-order valence-corrected chi connectivity index (χ4v) is 4.30. The Balaban J connectivity index is 0.000000485. The van der Waals surface area contributed by atoms with E-state index in [1.165, 1.54) is 64.2 Å². The first kappa shape index (κ1) is 17.8. The number of hydrogen-bond donors (Lipinski definition) is 0. The Morgan fingerprint density at radius 3 is 2.65 bits per heavy atom. The van der Waals surface area contributed by atoms with Gasteiger partial charge in [0.1, 0.15) is 0 Å². The molecule has 2 aromatic rings. The minimum absolute atomic E-state index is 0.556. The number of rotatable bonds is 3. The maximum Gasteiger partial charge on any atom is -0.0509 e. The SMILES string of the molecule is [Cl][Ti][Cl].c1c[c-](CC[c-]2[cH-][cH-][c-]3[c-]2CCCC3)c2c1CCCC2. The smallest absolute Gasteiger partial charge is 0.0509 e. The van der Waals surface area contributed by atoms with Gasteiger partial charge in [-0.3, -0.25) is 0 Å². The molecule has 0 atom stereocenters. The van der Waals surface area contributed by atoms with Crippen LogP contribution in [0.15, 0.2) is 24.3 Å². The molecule has 3 heteroatoms. The summed E-state index contributed by atoms with van der Waals surface area (Å²) in [5.74, 6) is 0. The number of fused-ring (bicyclic) bond motifs is 2. The molecule has 0 saturated carbocycles. The molecule has 0 heterocycles. The van der Waals surface area contributed by atoms with E-state index in [1.54, 1.807) is 33.4 Å². The molecule has 0 N–H and O–H groups in total. The maximum absolute atomic E-state index is 4.89. The van der Waals surface area contributed by atoms with Gasteiger partial charge in [-0.05, 0) is 0 Å². The van der Waals surface area contributed by atoms with Gasteiger partial charge in [-0.1, -0.05) is 38.5 Å². The fourth-order valence-electron chi connectivity index (χ4n) is 4.30. The molecular formula is C20H24Cl2Ti-6. The van der Waals surface area contributed by atoms with E-state index in [0.29, 0.717) is 0 Å². The molecule has 0 radical (unpaired) electrons. The first-order chi connectivity index (χ1) is 11.3. The van der Waals surface area contributed by atoms with Crippen LogP contribution in [0.1, 0.15) is 59.1 Å². The Morgan fingerprint density at radius 1 is 1.00 bits per heavy atom. The van der Waals surface area contributed by atoms with Gasteiger partial charge >= 0.3 is 35.6 Å². The van der Waals surface area contributed by atoms with E-state index in [2.05, 4.69) is 24.3 Å². The summed E-state index contributed by atoms with van der Waals surface area (Å²) in [6.07, 6.45) is 13.4. The predicted octanol–water partition coefficient (Wildman–Crippen LogP) is 6.04. The summed E-state index contributed by atoms with van der Waals surface area (Å²) in [5, 5.41) is 0. The first-order valence-electron chi connectivity index (χ1n) is 8.82. The largest absolute Gasteiger partial charge is 0.745 e. The van der Waals surface area contributed by atoms with Gasteiger partial charge in [0.25, 0.3) is 0 Å². The van der Waals surface area contributed by atoms with E-state index < -0.39 is 17.0 Å². The molecule has 0 amide bonds. The van der Waals surface area contributed by atoms with Crippen LogP contribution in [0.4, 0.5) is 0 Å². The van der Waals surface area contributed by atoms with E-state index >= 15 is 0 Å². The molecule has 0 bridgehead atoms. The van der Waals surface area contributed by atoms with Crippen LogP contribution in [0, 0.1) is 0 Å². The fraction of sp³-hybridized carbons (Fsp3) is 0.500. The van der Waals surface area contributed by atoms with Crippen LogP contribution in [0.3, 0.4) is 0 Å². The van der Waals surface area contributed by atoms with Gasteiger partial charge in [-0.2, -0.15) is 22.8 Å². The minimum Gasteiger partial charge on any atom is -0.745 e. The molecule has 2 aromatic carbocycles. The second-order valence-electron chi connectivity index (χ2n) is 6.71. The van der Waals surface area contributed by atoms with E-state index in [0.717, 1.165) is 0 Å². The summed E-state index contributed by atoms with van der Waals surface area (Å²) in [6.45, 7) is 0. The summed E-state index contributed by atoms with van der Waals surface area (Å²) >= 11 is -0.556. The van der Waals surface area contributed by atoms with Crippen LogP contribution in [0.25, 0.3) is 0 Å². The molecule has 128 valence electrons. The van der Waals surface area contributed by atoms with Crippen LogP contribution >= 0.6 is 18.6 Å². The Bertz CT molecular complexity index is 569. The predicted molar refractivity (Wildman–Crippen MR) is 96.5 cm³/mol. The van der Waals surface area contributed by atoms with Crippen molar-refractivity contribution in [1.29, 1.82) is 0 Å². The van der Waals surface area contributed by atoms with Crippen molar-refractivity contribution < 1.29 is 17.0 Å². The molecule has 4 rings (SSSR count). The third-order valence-corrected chi connectivity index (χ3v) is 5.43. The Kier molecular flexibility index (Phi) is 6.89. The van der Waals surface area contributed by atoms with Crippen LogP contribution in [-0.2, 0) is 55.6 Å². The Morgan fingerprint density at radius 2 is 1.78 bits per heavy atom. The second-order valence-corrected chi connectivity index (χ2v) is 9.29. The zero-order valence-electron chi connectivity index (χ0n) is 13.6. The molecule has 2 aliphatic carbocycles. The summed E-state index contributed by atoms with van der Waals surface area (Å²) in [5.41, 5.74) is 10.00. The summed E-state index contributed by atoms with van der Waals surface area (Å²) in [7, 11) is 9.78. The molecule has 0 unspecified atom stereocenters. The molecule has 0 spiro atoms. The van der Waals surface area contributed by atoms with E-state index in [9.17, 15) is 0 Å². The Hall–Kier alpha value is -0.00571. The normalized spacial score (nSPS) is 16.1. The number of hydrogen-bond acceptors (Lipinski definition) is 0. The van der Waals surface area contributed by atoms with Crippen molar-refractivity contribution in [1.82, 2.24) is 0 Å². The quantitative estimate of drug-likeness (QED) is 0.448. The van der Waals surface area contributed by atoms with Crippen molar-refractivity contribution in [2.24, 2.45) is 0 Å². The number of halogens is 2. The molecule has 0 saturated heterocycles. The minimum atomic E-state index is -0.556. The van der Waals surface area contributed by atoms with Gasteiger partial charge in [-0.25, -0.2) is 25.3 Å². The molecule has 0 aromatic heterocycles. The molecule has 2 aliphatic rings. The van der Waals surface area contributed by atoms with Crippen molar-refractivity contribution in [3.05, 3.63) is 57.6 Å². The summed E-state index contributed by atoms with van der Waals surface area (Å²) in [4.78, 5) is 0. The van der Waals surface area contributed by atoms with Crippen molar-refractivity contribution in [2.45, 2.75) is 64.2 Å². The summed E-state index contributed by atoms with van der Waals surface area (Å²) < 4.78 is 0. The van der Waals surface area contributed by atoms with Gasteiger partial charge in [0.05, 0.1) is 0 Å². The second kappa shape index (κ2) is 8.91. The van der Waals surface area contributed by atoms with Crippen LogP contribution < -0.4 is 0 Å². The number of aryl methyl sites for hydroxylation is 4. The van der Waals surface area contributed by atoms with Crippen molar-refractivity contribution in [3.8, 4) is 0 Å². The molecular weight excluding hydrogens is 359 g/mol. The molecule has 0 fully saturated rings. The average molecular weight is 383 g/mol. The van der Waals surface area contributed by atoms with Crippen molar-refractivity contribution >= 4 is 18.6 Å². The van der Waals surface area contributed by atoms with Crippen molar-refractivity contribution in [3.63, 3.8) is 0 Å². The van der Waals surface area contributed by atoms with Gasteiger partial charge in [0.15, 0.2) is 0 Å². The van der Waals surface area contributed by atoms with Crippen molar-refractivity contribution in [2.75, 3.05) is 0 Å². The van der Waals surface area contributed by atoms with E-state index in [1.807, 2.05) is 0 Å². The summed E-state index contributed by atoms with van der Waals surface area (Å²) in [6, 6.07) is 9.60. The van der Waals surface area contributed by atoms with Gasteiger partial charge in [-0.15, -0.1) is 6.42 Å². The average Bonchev–Trinajstić information content (AvgIpc) is 3.18. The van der Waals surface area contributed by atoms with E-state index in [4.69, 9.17) is 18.6 Å². The standard InChI is InChI=1S/C20H24.2ClH.Ti/c1-3-7-19-15(5-1)9-11-17(19)13-14-18-12-10-16-6-2-4-8-20(16)18;;;/h9-12H,1-8,13-14H2;2*1H;/q-6;;;+2/p-2. The van der Waals surface area contributed by atoms with Gasteiger partial charge < -0.3 is 28.8 Å². The third-order valence-electron chi connectivity index (χ3n) is 5.43. The maximum atomic E-state index is 4.89. The van der Waals surface area contributed by atoms with Crippen LogP contribution in [0.5, 0.6) is 0 Å². The zero-order chi connectivity index (χ0) is 16.1. The van der Waals surface area contributed by atoms with Crippen LogP contribution in [0.2, 0.25) is 0 Å². The Labute approximate surface area is 157 Å². The molecule has 0 aliphatic heterocycles. The van der Waals surface area contributed by atoms with Gasteiger partial charge in [0, 0.05) is 0 Å². The van der Waals surface area contributed by atoms with Gasteiger partial charge in [0.2, 0.25) is 0 Å². The van der Waals surface area contributed by atoms with E-state index in [-0.39, 0.29) is 0 Å². The first-order valence-corrected chi connectivity index (χ1v) is 13.1. The molecule has 0 nitrogen and oxygen atoms in total.